The van der Waals surface area contributed by atoms with Crippen molar-refractivity contribution in [1.82, 2.24) is 0 Å². The lowest BCUT2D eigenvalue weighted by Crippen LogP contribution is -2.20. The number of anilines is 1. The Morgan fingerprint density at radius 2 is 1.77 bits per heavy atom. The molecule has 0 aliphatic heterocycles. The number of hydrogen-bond donors (Lipinski definition) is 1. The average molecular weight is 422 g/mol. The first-order valence-electron chi connectivity index (χ1n) is 10.2. The molecule has 0 radical (unpaired) electrons. The molecule has 1 saturated carbocycles. The highest BCUT2D eigenvalue weighted by molar-refractivity contribution is 5.92. The van der Waals surface area contributed by atoms with E-state index in [0.717, 1.165) is 43.1 Å². The summed E-state index contributed by atoms with van der Waals surface area (Å²) in [5, 5.41) is 13.8. The molecule has 1 amide bonds. The number of nitrogens with zero attached hydrogens (tertiary/aromatic N) is 1. The van der Waals surface area contributed by atoms with E-state index in [2.05, 4.69) is 5.32 Å². The summed E-state index contributed by atoms with van der Waals surface area (Å²) in [5.74, 6) is 1.27. The van der Waals surface area contributed by atoms with E-state index in [4.69, 9.17) is 9.47 Å². The average Bonchev–Trinajstić information content (AvgIpc) is 3.32. The summed E-state index contributed by atoms with van der Waals surface area (Å²) in [6.07, 6.45) is 10.2. The Bertz CT molecular complexity index is 990. The van der Waals surface area contributed by atoms with Gasteiger partial charge >= 0.3 is 0 Å². The van der Waals surface area contributed by atoms with E-state index in [1.807, 2.05) is 36.4 Å². The van der Waals surface area contributed by atoms with Crippen molar-refractivity contribution in [2.75, 3.05) is 19.5 Å². The van der Waals surface area contributed by atoms with Gasteiger partial charge in [-0.3, -0.25) is 14.9 Å². The maximum absolute atomic E-state index is 12.3. The highest BCUT2D eigenvalue weighted by Gasteiger charge is 2.22. The largest absolute Gasteiger partial charge is 0.497 e. The third-order valence-corrected chi connectivity index (χ3v) is 5.33. The molecular weight excluding hydrogens is 396 g/mol. The second kappa shape index (κ2) is 10.4. The number of hydrogen-bond acceptors (Lipinski definition) is 5. The zero-order valence-electron chi connectivity index (χ0n) is 17.7. The fourth-order valence-electron chi connectivity index (χ4n) is 3.66. The maximum atomic E-state index is 12.3. The van der Waals surface area contributed by atoms with E-state index in [9.17, 15) is 14.9 Å². The molecule has 0 saturated heterocycles. The van der Waals surface area contributed by atoms with E-state index in [0.29, 0.717) is 22.6 Å². The fraction of sp³-hybridized carbons (Fsp3) is 0.292. The summed E-state index contributed by atoms with van der Waals surface area (Å²) in [5.41, 5.74) is 2.99. The molecule has 1 N–H and O–H groups in total. The number of methoxy groups -OCH3 is 2. The van der Waals surface area contributed by atoms with Gasteiger partial charge in [0.1, 0.15) is 11.5 Å². The predicted octanol–water partition coefficient (Wildman–Crippen LogP) is 5.25. The molecule has 31 heavy (non-hydrogen) atoms. The number of rotatable bonds is 8. The number of carbonyl (C=O) groups is 1. The van der Waals surface area contributed by atoms with Crippen LogP contribution >= 0.6 is 0 Å². The van der Waals surface area contributed by atoms with Crippen LogP contribution in [0.5, 0.6) is 11.5 Å². The van der Waals surface area contributed by atoms with Crippen LogP contribution in [0.25, 0.3) is 18.2 Å². The summed E-state index contributed by atoms with van der Waals surface area (Å²) in [4.78, 5) is 22.5. The molecule has 1 aliphatic rings. The van der Waals surface area contributed by atoms with E-state index in [1.165, 1.54) is 13.2 Å². The molecule has 0 unspecified atom stereocenters. The van der Waals surface area contributed by atoms with Crippen molar-refractivity contribution in [2.24, 2.45) is 5.92 Å². The SMILES string of the molecule is COc1cc(/C=C/c2ccc(NC(=O)C3CCCC3)cc2)c(/C=C/[N+](=O)[O-])c(OC)c1. The van der Waals surface area contributed by atoms with Crippen molar-refractivity contribution in [3.63, 3.8) is 0 Å². The lowest BCUT2D eigenvalue weighted by Gasteiger charge is -2.11. The lowest BCUT2D eigenvalue weighted by atomic mass is 10.0. The van der Waals surface area contributed by atoms with Crippen LogP contribution in [0.15, 0.2) is 42.6 Å². The summed E-state index contributed by atoms with van der Waals surface area (Å²) in [6, 6.07) is 11.0. The van der Waals surface area contributed by atoms with Gasteiger partial charge in [-0.1, -0.05) is 37.1 Å². The summed E-state index contributed by atoms with van der Waals surface area (Å²) in [6.45, 7) is 0. The molecule has 2 aromatic carbocycles. The molecule has 0 heterocycles. The van der Waals surface area contributed by atoms with Crippen LogP contribution in [0.3, 0.4) is 0 Å². The van der Waals surface area contributed by atoms with Crippen LogP contribution in [-0.4, -0.2) is 25.1 Å². The van der Waals surface area contributed by atoms with Crippen molar-refractivity contribution in [3.8, 4) is 11.5 Å². The fourth-order valence-corrected chi connectivity index (χ4v) is 3.66. The number of ether oxygens (including phenoxy) is 2. The Morgan fingerprint density at radius 1 is 1.06 bits per heavy atom. The van der Waals surface area contributed by atoms with Gasteiger partial charge in [-0.25, -0.2) is 0 Å². The molecule has 3 rings (SSSR count). The highest BCUT2D eigenvalue weighted by Crippen LogP contribution is 2.31. The second-order valence-electron chi connectivity index (χ2n) is 7.36. The minimum Gasteiger partial charge on any atom is -0.497 e. The van der Waals surface area contributed by atoms with Gasteiger partial charge in [-0.15, -0.1) is 0 Å². The number of carbonyl (C=O) groups excluding carboxylic acids is 1. The van der Waals surface area contributed by atoms with Crippen molar-refractivity contribution in [2.45, 2.75) is 25.7 Å². The Kier molecular flexibility index (Phi) is 7.43. The van der Waals surface area contributed by atoms with Crippen molar-refractivity contribution >= 4 is 29.8 Å². The molecule has 2 aromatic rings. The molecule has 162 valence electrons. The molecule has 7 nitrogen and oxygen atoms in total. The smallest absolute Gasteiger partial charge is 0.235 e. The summed E-state index contributed by atoms with van der Waals surface area (Å²) in [7, 11) is 3.05. The lowest BCUT2D eigenvalue weighted by molar-refractivity contribution is -0.400. The van der Waals surface area contributed by atoms with Gasteiger partial charge < -0.3 is 14.8 Å². The summed E-state index contributed by atoms with van der Waals surface area (Å²) < 4.78 is 10.7. The Balaban J connectivity index is 1.80. The maximum Gasteiger partial charge on any atom is 0.235 e. The molecular formula is C24H26N2O5. The molecule has 0 bridgehead atoms. The van der Waals surface area contributed by atoms with Crippen molar-refractivity contribution < 1.29 is 19.2 Å². The standard InChI is InChI=1S/C24H26N2O5/c1-30-21-15-19(22(13-14-26(28)29)23(16-21)31-2)10-7-17-8-11-20(12-9-17)25-24(27)18-5-3-4-6-18/h7-16,18H,3-6H2,1-2H3,(H,25,27)/b10-7+,14-13+. The van der Waals surface area contributed by atoms with Gasteiger partial charge in [0.15, 0.2) is 0 Å². The van der Waals surface area contributed by atoms with Gasteiger partial charge in [-0.2, -0.15) is 0 Å². The van der Waals surface area contributed by atoms with Gasteiger partial charge in [0, 0.05) is 29.3 Å². The first kappa shape index (κ1) is 22.1. The molecule has 7 heteroatoms. The third kappa shape index (κ3) is 5.94. The van der Waals surface area contributed by atoms with Gasteiger partial charge in [0.25, 0.3) is 0 Å². The Hall–Kier alpha value is -3.61. The van der Waals surface area contributed by atoms with E-state index < -0.39 is 4.92 Å². The Labute approximate surface area is 181 Å². The first-order valence-corrected chi connectivity index (χ1v) is 10.2. The zero-order valence-corrected chi connectivity index (χ0v) is 17.7. The normalized spacial score (nSPS) is 14.3. The van der Waals surface area contributed by atoms with Gasteiger partial charge in [0.05, 0.1) is 19.1 Å². The van der Waals surface area contributed by atoms with E-state index >= 15 is 0 Å². The number of nitro groups is 1. The minimum atomic E-state index is -0.518. The zero-order chi connectivity index (χ0) is 22.2. The molecule has 0 aromatic heterocycles. The number of nitrogens with one attached hydrogen (secondary N) is 1. The first-order chi connectivity index (χ1) is 15.0. The number of benzene rings is 2. The topological polar surface area (TPSA) is 90.7 Å². The Morgan fingerprint density at radius 3 is 2.39 bits per heavy atom. The molecule has 1 fully saturated rings. The van der Waals surface area contributed by atoms with Gasteiger partial charge in [-0.05, 0) is 42.2 Å². The van der Waals surface area contributed by atoms with Crippen LogP contribution in [-0.2, 0) is 4.79 Å². The van der Waals surface area contributed by atoms with Gasteiger partial charge in [0.2, 0.25) is 12.1 Å². The third-order valence-electron chi connectivity index (χ3n) is 5.33. The van der Waals surface area contributed by atoms with E-state index in [1.54, 1.807) is 19.2 Å². The highest BCUT2D eigenvalue weighted by atomic mass is 16.6. The van der Waals surface area contributed by atoms with Crippen LogP contribution < -0.4 is 14.8 Å². The second-order valence-corrected chi connectivity index (χ2v) is 7.36. The number of amides is 1. The van der Waals surface area contributed by atoms with Crippen LogP contribution in [0.2, 0.25) is 0 Å². The molecule has 0 atom stereocenters. The van der Waals surface area contributed by atoms with Crippen molar-refractivity contribution in [1.29, 1.82) is 0 Å². The van der Waals surface area contributed by atoms with Crippen LogP contribution in [0, 0.1) is 16.0 Å². The molecule has 0 spiro atoms. The van der Waals surface area contributed by atoms with Crippen LogP contribution in [0.1, 0.15) is 42.4 Å². The van der Waals surface area contributed by atoms with Crippen LogP contribution in [0.4, 0.5) is 5.69 Å². The summed E-state index contributed by atoms with van der Waals surface area (Å²) >= 11 is 0. The quantitative estimate of drug-likeness (QED) is 0.356. The minimum absolute atomic E-state index is 0.0893. The molecule has 1 aliphatic carbocycles. The van der Waals surface area contributed by atoms with E-state index in [-0.39, 0.29) is 11.8 Å². The van der Waals surface area contributed by atoms with Crippen molar-refractivity contribution in [3.05, 3.63) is 69.4 Å². The predicted molar refractivity (Wildman–Crippen MR) is 122 cm³/mol. The monoisotopic (exact) mass is 422 g/mol.